The number of halogens is 1. The van der Waals surface area contributed by atoms with E-state index in [2.05, 4.69) is 78.0 Å². The van der Waals surface area contributed by atoms with Gasteiger partial charge in [0.05, 0.1) is 19.3 Å². The number of pyridine rings is 1. The van der Waals surface area contributed by atoms with Gasteiger partial charge in [-0.3, -0.25) is 4.98 Å². The van der Waals surface area contributed by atoms with Gasteiger partial charge in [-0.25, -0.2) is 4.79 Å². The molecule has 3 aromatic carbocycles. The van der Waals surface area contributed by atoms with Crippen LogP contribution in [0.3, 0.4) is 0 Å². The smallest absolute Gasteiger partial charge is 0.329 e. The second-order valence-corrected chi connectivity index (χ2v) is 17.5. The Bertz CT molecular complexity index is 1930. The van der Waals surface area contributed by atoms with Crippen molar-refractivity contribution < 1.29 is 19.7 Å². The molecule has 8 heteroatoms. The molecular formula is C48H60ClN3O4. The van der Waals surface area contributed by atoms with Crippen LogP contribution in [0.1, 0.15) is 124 Å². The average molecular weight is 778 g/mol. The maximum Gasteiger partial charge on any atom is 0.329 e. The van der Waals surface area contributed by atoms with Crippen LogP contribution in [-0.4, -0.2) is 46.5 Å². The van der Waals surface area contributed by atoms with Crippen LogP contribution < -0.4 is 15.4 Å². The van der Waals surface area contributed by atoms with Gasteiger partial charge >= 0.3 is 5.97 Å². The van der Waals surface area contributed by atoms with E-state index < -0.39 is 11.5 Å². The molecule has 7 nitrogen and oxygen atoms in total. The molecule has 1 unspecified atom stereocenters. The first-order valence-corrected chi connectivity index (χ1v) is 21.5. The maximum atomic E-state index is 13.1. The van der Waals surface area contributed by atoms with Gasteiger partial charge in [0.2, 0.25) is 0 Å². The van der Waals surface area contributed by atoms with Gasteiger partial charge in [0.25, 0.3) is 0 Å². The Balaban J connectivity index is 1.08. The number of ether oxygens (including phenoxy) is 1. The fourth-order valence-electron chi connectivity index (χ4n) is 10.2. The Kier molecular flexibility index (Phi) is 13.0. The Labute approximate surface area is 338 Å². The average Bonchev–Trinajstić information content (AvgIpc) is 3.49. The topological polar surface area (TPSA) is 104 Å². The summed E-state index contributed by atoms with van der Waals surface area (Å²) in [4.78, 5) is 17.8. The number of aliphatic hydroxyl groups excluding tert-OH is 1. The molecule has 0 saturated heterocycles. The number of nitrogens with zero attached hydrogens (tertiary/aromatic N) is 1. The summed E-state index contributed by atoms with van der Waals surface area (Å²) >= 11 is 6.32. The summed E-state index contributed by atoms with van der Waals surface area (Å²) in [7, 11) is 0. The molecule has 298 valence electrons. The number of carboxylic acid groups (broad SMARTS) is 1. The fourth-order valence-corrected chi connectivity index (χ4v) is 10.4. The molecule has 3 aliphatic rings. The number of aryl methyl sites for hydroxylation is 2. The second kappa shape index (κ2) is 18.1. The molecular weight excluding hydrogens is 718 g/mol. The molecule has 56 heavy (non-hydrogen) atoms. The van der Waals surface area contributed by atoms with Crippen LogP contribution in [0, 0.1) is 11.8 Å². The molecule has 1 heterocycles. The summed E-state index contributed by atoms with van der Waals surface area (Å²) in [6.07, 6.45) is 14.2. The highest BCUT2D eigenvalue weighted by Gasteiger charge is 2.54. The van der Waals surface area contributed by atoms with E-state index in [-0.39, 0.29) is 18.1 Å². The number of unbranched alkanes of at least 4 members (excludes halogenated alkanes) is 2. The largest absolute Gasteiger partial charge is 0.493 e. The molecule has 0 amide bonds. The first-order valence-electron chi connectivity index (χ1n) is 21.1. The Hall–Kier alpha value is -3.91. The number of benzene rings is 3. The van der Waals surface area contributed by atoms with Gasteiger partial charge in [0.15, 0.2) is 0 Å². The maximum absolute atomic E-state index is 13.1. The number of carboxylic acids is 1. The van der Waals surface area contributed by atoms with Crippen LogP contribution >= 0.6 is 11.6 Å². The number of anilines is 1. The van der Waals surface area contributed by atoms with Gasteiger partial charge < -0.3 is 25.6 Å². The van der Waals surface area contributed by atoms with Crippen LogP contribution in [0.15, 0.2) is 85.1 Å². The van der Waals surface area contributed by atoms with E-state index in [1.54, 1.807) is 0 Å². The van der Waals surface area contributed by atoms with E-state index in [4.69, 9.17) is 16.3 Å². The normalized spacial score (nSPS) is 23.9. The molecule has 4 aromatic rings. The summed E-state index contributed by atoms with van der Waals surface area (Å²) in [5, 5.41) is 29.0. The molecule has 0 bridgehead atoms. The Morgan fingerprint density at radius 3 is 2.59 bits per heavy atom. The van der Waals surface area contributed by atoms with Crippen molar-refractivity contribution in [3.05, 3.63) is 124 Å². The zero-order chi connectivity index (χ0) is 39.1. The highest BCUT2D eigenvalue weighted by Crippen LogP contribution is 2.56. The molecule has 4 atom stereocenters. The minimum absolute atomic E-state index is 0.0244. The third-order valence-electron chi connectivity index (χ3n) is 13.3. The summed E-state index contributed by atoms with van der Waals surface area (Å²) in [5.74, 6) is 1.27. The number of nitrogens with one attached hydrogen (secondary N) is 2. The molecule has 1 spiro atoms. The highest BCUT2D eigenvalue weighted by atomic mass is 35.5. The lowest BCUT2D eigenvalue weighted by atomic mass is 9.59. The lowest BCUT2D eigenvalue weighted by Gasteiger charge is -2.47. The van der Waals surface area contributed by atoms with E-state index in [0.717, 1.165) is 81.3 Å². The van der Waals surface area contributed by atoms with Crippen LogP contribution in [-0.2, 0) is 29.5 Å². The van der Waals surface area contributed by atoms with Crippen LogP contribution in [0.25, 0.3) is 0 Å². The SMILES string of the molecule is C[C@@H](COc1ccnc2c1[C@H](C)CCC2)C[C@H]1Cc2ccc(C(CO)NCCCCCc3ccccc3)cc2C12CCC(Nc1cccc(Cl)c1)(C(=O)O)CC2. The van der Waals surface area contributed by atoms with Gasteiger partial charge in [-0.1, -0.05) is 86.5 Å². The lowest BCUT2D eigenvalue weighted by Crippen LogP contribution is -2.53. The minimum Gasteiger partial charge on any atom is -0.493 e. The zero-order valence-electron chi connectivity index (χ0n) is 33.2. The quantitative estimate of drug-likeness (QED) is 0.0792. The van der Waals surface area contributed by atoms with Gasteiger partial charge in [-0.05, 0) is 153 Å². The van der Waals surface area contributed by atoms with Crippen LogP contribution in [0.4, 0.5) is 5.69 Å². The third-order valence-corrected chi connectivity index (χ3v) is 13.5. The molecule has 3 aliphatic carbocycles. The van der Waals surface area contributed by atoms with Gasteiger partial charge in [0, 0.05) is 28.2 Å². The number of rotatable bonds is 17. The molecule has 4 N–H and O–H groups in total. The van der Waals surface area contributed by atoms with E-state index in [1.807, 2.05) is 36.5 Å². The number of fused-ring (bicyclic) bond motifs is 3. The first kappa shape index (κ1) is 40.3. The van der Waals surface area contributed by atoms with Crippen molar-refractivity contribution in [1.29, 1.82) is 0 Å². The molecule has 1 saturated carbocycles. The van der Waals surface area contributed by atoms with Crippen molar-refractivity contribution in [1.82, 2.24) is 10.3 Å². The predicted molar refractivity (Wildman–Crippen MR) is 226 cm³/mol. The van der Waals surface area contributed by atoms with E-state index in [9.17, 15) is 15.0 Å². The van der Waals surface area contributed by atoms with E-state index in [1.165, 1.54) is 40.8 Å². The standard InChI is InChI=1S/C48H60ClN3O4/c1-33(32-56-44-20-26-51-42-17-9-11-34(2)45(42)44)27-38-28-36-18-19-37(43(31-53)50-25-8-4-7-14-35-12-5-3-6-13-35)29-41(36)47(38)21-23-48(24-22-47,46(54)55)52-40-16-10-15-39(49)30-40/h3,5-6,10,12-13,15-16,18-20,26,29-30,33-34,38,43,50,52-53H,4,7-9,11,14,17,21-25,27-28,31-32H2,1-2H3,(H,54,55)/t33-,34-,38+,43?,47?,48?/m1/s1. The van der Waals surface area contributed by atoms with E-state index >= 15 is 0 Å². The van der Waals surface area contributed by atoms with Crippen molar-refractivity contribution in [2.45, 2.75) is 120 Å². The summed E-state index contributed by atoms with van der Waals surface area (Å²) < 4.78 is 6.62. The molecule has 1 fully saturated rings. The number of aliphatic carboxylic acids is 1. The van der Waals surface area contributed by atoms with Crippen molar-refractivity contribution in [2.24, 2.45) is 11.8 Å². The van der Waals surface area contributed by atoms with Crippen LogP contribution in [0.2, 0.25) is 5.02 Å². The summed E-state index contributed by atoms with van der Waals surface area (Å²) in [6.45, 7) is 6.09. The molecule has 0 aliphatic heterocycles. The molecule has 7 rings (SSSR count). The monoisotopic (exact) mass is 777 g/mol. The molecule has 0 radical (unpaired) electrons. The van der Waals surface area contributed by atoms with Gasteiger partial charge in [-0.15, -0.1) is 0 Å². The van der Waals surface area contributed by atoms with Gasteiger partial charge in [0.1, 0.15) is 11.3 Å². The van der Waals surface area contributed by atoms with Crippen molar-refractivity contribution >= 4 is 23.3 Å². The Morgan fingerprint density at radius 1 is 1.00 bits per heavy atom. The number of hydrogen-bond donors (Lipinski definition) is 4. The number of carbonyl (C=O) groups is 1. The lowest BCUT2D eigenvalue weighted by molar-refractivity contribution is -0.144. The highest BCUT2D eigenvalue weighted by molar-refractivity contribution is 6.30. The van der Waals surface area contributed by atoms with Crippen molar-refractivity contribution in [3.63, 3.8) is 0 Å². The predicted octanol–water partition coefficient (Wildman–Crippen LogP) is 10.2. The Morgan fingerprint density at radius 2 is 1.82 bits per heavy atom. The van der Waals surface area contributed by atoms with Crippen molar-refractivity contribution in [3.8, 4) is 5.75 Å². The van der Waals surface area contributed by atoms with Gasteiger partial charge in [-0.2, -0.15) is 0 Å². The third kappa shape index (κ3) is 8.96. The van der Waals surface area contributed by atoms with Crippen molar-refractivity contribution in [2.75, 3.05) is 25.1 Å². The fraction of sp³-hybridized carbons (Fsp3) is 0.500. The minimum atomic E-state index is -1.08. The summed E-state index contributed by atoms with van der Waals surface area (Å²) in [5.41, 5.74) is 7.14. The first-order chi connectivity index (χ1) is 27.2. The number of aliphatic hydroxyl groups is 1. The zero-order valence-corrected chi connectivity index (χ0v) is 34.0. The second-order valence-electron chi connectivity index (χ2n) is 17.1. The molecule has 1 aromatic heterocycles. The number of aromatic nitrogens is 1. The van der Waals surface area contributed by atoms with Crippen LogP contribution in [0.5, 0.6) is 5.75 Å². The summed E-state index contributed by atoms with van der Waals surface area (Å²) in [6, 6.07) is 26.7. The van der Waals surface area contributed by atoms with E-state index in [0.29, 0.717) is 42.2 Å². The number of hydrogen-bond acceptors (Lipinski definition) is 6.